The molecule has 7 heteroatoms. The Hall–Kier alpha value is -1.99. The number of rotatable bonds is 7. The lowest BCUT2D eigenvalue weighted by molar-refractivity contribution is -0.140. The molecule has 0 bridgehead atoms. The van der Waals surface area contributed by atoms with Crippen LogP contribution in [0, 0.1) is 0 Å². The average Bonchev–Trinajstić information content (AvgIpc) is 3.29. The molecular formula is C20H24N2O3S2. The van der Waals surface area contributed by atoms with E-state index < -0.39 is 0 Å². The van der Waals surface area contributed by atoms with E-state index in [1.165, 1.54) is 12.0 Å². The van der Waals surface area contributed by atoms with E-state index in [0.717, 1.165) is 27.5 Å². The molecule has 0 aliphatic heterocycles. The van der Waals surface area contributed by atoms with Gasteiger partial charge in [0, 0.05) is 34.2 Å². The van der Waals surface area contributed by atoms with E-state index in [0.29, 0.717) is 24.8 Å². The Morgan fingerprint density at radius 2 is 2.15 bits per heavy atom. The lowest BCUT2D eigenvalue weighted by Crippen LogP contribution is -2.26. The molecule has 5 nitrogen and oxygen atoms in total. The third-order valence-electron chi connectivity index (χ3n) is 4.51. The van der Waals surface area contributed by atoms with Crippen LogP contribution in [0.25, 0.3) is 20.7 Å². The van der Waals surface area contributed by atoms with Gasteiger partial charge in [-0.2, -0.15) is 0 Å². The van der Waals surface area contributed by atoms with Crippen LogP contribution in [0.15, 0.2) is 22.3 Å². The Labute approximate surface area is 166 Å². The highest BCUT2D eigenvalue weighted by Gasteiger charge is 2.22. The quantitative estimate of drug-likeness (QED) is 0.529. The molecule has 0 spiro atoms. The summed E-state index contributed by atoms with van der Waals surface area (Å²) in [5.41, 5.74) is 1.02. The van der Waals surface area contributed by atoms with Crippen LogP contribution >= 0.6 is 22.7 Å². The first-order valence-corrected chi connectivity index (χ1v) is 10.8. The molecule has 0 aliphatic carbocycles. The lowest BCUT2D eigenvalue weighted by Gasteiger charge is -2.15. The minimum absolute atomic E-state index is 0.00656. The van der Waals surface area contributed by atoms with Crippen molar-refractivity contribution in [3.63, 3.8) is 0 Å². The van der Waals surface area contributed by atoms with Crippen molar-refractivity contribution in [1.29, 1.82) is 0 Å². The number of thiophene rings is 2. The van der Waals surface area contributed by atoms with Gasteiger partial charge in [0.2, 0.25) is 0 Å². The largest absolute Gasteiger partial charge is 0.469 e. The topological polar surface area (TPSA) is 61.2 Å². The van der Waals surface area contributed by atoms with Crippen LogP contribution in [-0.2, 0) is 22.5 Å². The number of fused-ring (bicyclic) bond motifs is 1. The summed E-state index contributed by atoms with van der Waals surface area (Å²) in [5, 5.41) is 2.74. The second kappa shape index (κ2) is 8.35. The van der Waals surface area contributed by atoms with Crippen molar-refractivity contribution in [2.75, 3.05) is 7.11 Å². The van der Waals surface area contributed by atoms with E-state index in [2.05, 4.69) is 13.0 Å². The van der Waals surface area contributed by atoms with Gasteiger partial charge in [0.05, 0.1) is 12.5 Å². The maximum Gasteiger partial charge on any atom is 0.305 e. The van der Waals surface area contributed by atoms with Gasteiger partial charge < -0.3 is 4.74 Å². The van der Waals surface area contributed by atoms with Crippen LogP contribution in [-0.4, -0.2) is 22.6 Å². The van der Waals surface area contributed by atoms with E-state index in [1.807, 2.05) is 25.3 Å². The molecule has 144 valence electrons. The number of hydrogen-bond donors (Lipinski definition) is 0. The first kappa shape index (κ1) is 19.8. The number of esters is 1. The SMILES string of the molecule is CCc1sc2nc(C(C)C)n(CCCC(=O)OC)c(=O)c2c1-c1cccs1. The molecular weight excluding hydrogens is 380 g/mol. The van der Waals surface area contributed by atoms with Crippen LogP contribution in [0.2, 0.25) is 0 Å². The second-order valence-corrected chi connectivity index (χ2v) is 8.70. The maximum atomic E-state index is 13.5. The van der Waals surface area contributed by atoms with Gasteiger partial charge in [-0.15, -0.1) is 22.7 Å². The van der Waals surface area contributed by atoms with Crippen LogP contribution in [0.5, 0.6) is 0 Å². The van der Waals surface area contributed by atoms with Crippen molar-refractivity contribution < 1.29 is 9.53 Å². The molecule has 0 saturated heterocycles. The number of carbonyl (C=O) groups is 1. The highest BCUT2D eigenvalue weighted by atomic mass is 32.1. The zero-order valence-corrected chi connectivity index (χ0v) is 17.7. The van der Waals surface area contributed by atoms with Crippen LogP contribution in [0.4, 0.5) is 0 Å². The summed E-state index contributed by atoms with van der Waals surface area (Å²) < 4.78 is 6.46. The van der Waals surface area contributed by atoms with Gasteiger partial charge in [-0.25, -0.2) is 4.98 Å². The van der Waals surface area contributed by atoms with E-state index >= 15 is 0 Å². The molecule has 3 aromatic heterocycles. The Morgan fingerprint density at radius 3 is 2.74 bits per heavy atom. The number of aryl methyl sites for hydroxylation is 1. The molecule has 27 heavy (non-hydrogen) atoms. The maximum absolute atomic E-state index is 13.5. The highest BCUT2D eigenvalue weighted by molar-refractivity contribution is 7.20. The van der Waals surface area contributed by atoms with E-state index in [1.54, 1.807) is 27.2 Å². The molecule has 3 heterocycles. The first-order chi connectivity index (χ1) is 13.0. The normalized spacial score (nSPS) is 11.4. The minimum Gasteiger partial charge on any atom is -0.469 e. The molecule has 0 unspecified atom stereocenters. The molecule has 3 aromatic rings. The zero-order valence-electron chi connectivity index (χ0n) is 16.1. The van der Waals surface area contributed by atoms with Crippen LogP contribution in [0.1, 0.15) is 50.2 Å². The smallest absolute Gasteiger partial charge is 0.305 e. The lowest BCUT2D eigenvalue weighted by atomic mass is 10.1. The number of nitrogens with zero attached hydrogens (tertiary/aromatic N) is 2. The minimum atomic E-state index is -0.258. The Morgan fingerprint density at radius 1 is 1.37 bits per heavy atom. The second-order valence-electron chi connectivity index (χ2n) is 6.67. The number of hydrogen-bond acceptors (Lipinski definition) is 6. The number of carbonyl (C=O) groups excluding carboxylic acids is 1. The molecule has 0 aliphatic rings. The molecule has 0 atom stereocenters. The van der Waals surface area contributed by atoms with Gasteiger partial charge in [0.15, 0.2) is 0 Å². The fourth-order valence-electron chi connectivity index (χ4n) is 3.22. The average molecular weight is 405 g/mol. The van der Waals surface area contributed by atoms with Crippen LogP contribution in [0.3, 0.4) is 0 Å². The monoisotopic (exact) mass is 404 g/mol. The van der Waals surface area contributed by atoms with Crippen molar-refractivity contribution >= 4 is 38.9 Å². The van der Waals surface area contributed by atoms with Crippen molar-refractivity contribution in [3.05, 3.63) is 38.6 Å². The fraction of sp³-hybridized carbons (Fsp3) is 0.450. The summed E-state index contributed by atoms with van der Waals surface area (Å²) >= 11 is 3.26. The molecule has 0 N–H and O–H groups in total. The third kappa shape index (κ3) is 3.84. The molecule has 0 amide bonds. The highest BCUT2D eigenvalue weighted by Crippen LogP contribution is 2.39. The third-order valence-corrected chi connectivity index (χ3v) is 6.62. The van der Waals surface area contributed by atoms with Crippen LogP contribution < -0.4 is 5.56 Å². The Bertz CT molecular complexity index is 1000. The van der Waals surface area contributed by atoms with Crippen molar-refractivity contribution in [2.24, 2.45) is 0 Å². The van der Waals surface area contributed by atoms with Gasteiger partial charge >= 0.3 is 5.97 Å². The predicted molar refractivity (Wildman–Crippen MR) is 112 cm³/mol. The summed E-state index contributed by atoms with van der Waals surface area (Å²) in [6.45, 7) is 6.66. The van der Waals surface area contributed by atoms with Crippen molar-refractivity contribution in [2.45, 2.75) is 52.5 Å². The van der Waals surface area contributed by atoms with E-state index in [4.69, 9.17) is 9.72 Å². The van der Waals surface area contributed by atoms with Crippen molar-refractivity contribution in [1.82, 2.24) is 9.55 Å². The van der Waals surface area contributed by atoms with Gasteiger partial charge in [-0.1, -0.05) is 26.8 Å². The zero-order chi connectivity index (χ0) is 19.6. The number of aromatic nitrogens is 2. The van der Waals surface area contributed by atoms with E-state index in [9.17, 15) is 9.59 Å². The van der Waals surface area contributed by atoms with E-state index in [-0.39, 0.29) is 17.4 Å². The summed E-state index contributed by atoms with van der Waals surface area (Å²) in [6, 6.07) is 4.07. The fourth-order valence-corrected chi connectivity index (χ4v) is 5.21. The molecule has 0 fully saturated rings. The molecule has 3 rings (SSSR count). The van der Waals surface area contributed by atoms with Gasteiger partial charge in [-0.05, 0) is 24.3 Å². The standard InChI is InChI=1S/C20H24N2O3S2/c1-5-13-16(14-8-7-11-26-14)17-19(27-13)21-18(12(2)3)22(20(17)24)10-6-9-15(23)25-4/h7-8,11-12H,5-6,9-10H2,1-4H3. The number of methoxy groups -OCH3 is 1. The Balaban J connectivity index is 2.17. The molecule has 0 radical (unpaired) electrons. The Kier molecular flexibility index (Phi) is 6.11. The van der Waals surface area contributed by atoms with Crippen molar-refractivity contribution in [3.8, 4) is 10.4 Å². The summed E-state index contributed by atoms with van der Waals surface area (Å²) in [4.78, 5) is 32.9. The first-order valence-electron chi connectivity index (χ1n) is 9.14. The van der Waals surface area contributed by atoms with Gasteiger partial charge in [0.25, 0.3) is 5.56 Å². The summed E-state index contributed by atoms with van der Waals surface area (Å²) in [5.74, 6) is 0.642. The molecule has 0 aromatic carbocycles. The number of ether oxygens (including phenoxy) is 1. The van der Waals surface area contributed by atoms with Gasteiger partial charge in [0.1, 0.15) is 10.7 Å². The van der Waals surface area contributed by atoms with Gasteiger partial charge in [-0.3, -0.25) is 14.2 Å². The molecule has 0 saturated carbocycles. The predicted octanol–water partition coefficient (Wildman–Crippen LogP) is 4.83. The summed E-state index contributed by atoms with van der Waals surface area (Å²) in [7, 11) is 1.38. The summed E-state index contributed by atoms with van der Waals surface area (Å²) in [6.07, 6.45) is 1.71.